The van der Waals surface area contributed by atoms with E-state index in [1.165, 1.54) is 17.7 Å². The van der Waals surface area contributed by atoms with Gasteiger partial charge in [0, 0.05) is 19.0 Å². The van der Waals surface area contributed by atoms with E-state index in [9.17, 15) is 14.0 Å². The van der Waals surface area contributed by atoms with E-state index in [0.717, 1.165) is 36.0 Å². The van der Waals surface area contributed by atoms with Gasteiger partial charge in [-0.3, -0.25) is 9.59 Å². The van der Waals surface area contributed by atoms with Crippen LogP contribution in [-0.2, 0) is 24.4 Å². The molecule has 1 aliphatic carbocycles. The summed E-state index contributed by atoms with van der Waals surface area (Å²) in [6.45, 7) is 1.13. The number of benzene rings is 3. The minimum Gasteiger partial charge on any atom is -0.486 e. The average Bonchev–Trinajstić information content (AvgIpc) is 3.72. The number of hydrogen-bond acceptors (Lipinski definition) is 4. The predicted molar refractivity (Wildman–Crippen MR) is 143 cm³/mol. The van der Waals surface area contributed by atoms with E-state index >= 15 is 0 Å². The van der Waals surface area contributed by atoms with Crippen molar-refractivity contribution in [2.45, 2.75) is 38.5 Å². The van der Waals surface area contributed by atoms with Crippen molar-refractivity contribution in [1.82, 2.24) is 10.2 Å². The molecule has 2 aliphatic rings. The summed E-state index contributed by atoms with van der Waals surface area (Å²) in [4.78, 5) is 27.7. The maximum absolute atomic E-state index is 13.2. The zero-order chi connectivity index (χ0) is 26.8. The molecule has 1 aliphatic heterocycles. The third-order valence-electron chi connectivity index (χ3n) is 7.30. The quantitative estimate of drug-likeness (QED) is 0.316. The van der Waals surface area contributed by atoms with Crippen molar-refractivity contribution >= 4 is 11.8 Å². The lowest BCUT2D eigenvalue weighted by molar-refractivity contribution is -0.134. The fourth-order valence-corrected chi connectivity index (χ4v) is 5.08. The molecule has 1 atom stereocenters. The molecule has 4 aromatic rings. The zero-order valence-electron chi connectivity index (χ0n) is 21.4. The number of nitrogens with zero attached hydrogens (tertiary/aromatic N) is 1. The Labute approximate surface area is 226 Å². The standard InChI is InChI=1S/C32H29FN2O4/c33-25-11-6-21(7-12-25)19-34-31(36)29-15-14-27(39-29)20-38-26-13-10-22-16-17-35(32(37)24-8-9-24)30(28(22)18-26)23-4-2-1-3-5-23/h1-7,10-15,18,24,30H,8-9,16-17,19-20H2,(H,34,36)/t30-/m0/s1. The van der Waals surface area contributed by atoms with Gasteiger partial charge < -0.3 is 19.4 Å². The number of carbonyl (C=O) groups is 2. The van der Waals surface area contributed by atoms with Gasteiger partial charge >= 0.3 is 0 Å². The predicted octanol–water partition coefficient (Wildman–Crippen LogP) is 5.81. The van der Waals surface area contributed by atoms with Crippen LogP contribution in [-0.4, -0.2) is 23.3 Å². The van der Waals surface area contributed by atoms with E-state index < -0.39 is 0 Å². The average molecular weight is 525 g/mol. The van der Waals surface area contributed by atoms with Crippen LogP contribution in [0.1, 0.15) is 57.5 Å². The molecule has 0 radical (unpaired) electrons. The molecular weight excluding hydrogens is 495 g/mol. The van der Waals surface area contributed by atoms with Crippen molar-refractivity contribution in [2.24, 2.45) is 5.92 Å². The molecule has 7 heteroatoms. The Bertz CT molecular complexity index is 1480. The van der Waals surface area contributed by atoms with Crippen molar-refractivity contribution in [3.8, 4) is 5.75 Å². The highest BCUT2D eigenvalue weighted by molar-refractivity contribution is 5.91. The number of amides is 2. The number of carbonyl (C=O) groups excluding carboxylic acids is 2. The summed E-state index contributed by atoms with van der Waals surface area (Å²) < 4.78 is 24.9. The first-order chi connectivity index (χ1) is 19.0. The Hall–Kier alpha value is -4.39. The van der Waals surface area contributed by atoms with Gasteiger partial charge in [0.2, 0.25) is 5.91 Å². The lowest BCUT2D eigenvalue weighted by atomic mass is 9.87. The molecule has 2 heterocycles. The van der Waals surface area contributed by atoms with E-state index in [4.69, 9.17) is 9.15 Å². The van der Waals surface area contributed by atoms with Crippen molar-refractivity contribution in [1.29, 1.82) is 0 Å². The molecule has 6 nitrogen and oxygen atoms in total. The Morgan fingerprint density at radius 3 is 2.54 bits per heavy atom. The molecule has 1 saturated carbocycles. The summed E-state index contributed by atoms with van der Waals surface area (Å²) in [6.07, 6.45) is 2.76. The van der Waals surface area contributed by atoms with Gasteiger partial charge in [-0.1, -0.05) is 48.5 Å². The van der Waals surface area contributed by atoms with Crippen LogP contribution in [0.15, 0.2) is 89.3 Å². The molecule has 198 valence electrons. The third kappa shape index (κ3) is 5.58. The first-order valence-electron chi connectivity index (χ1n) is 13.3. The van der Waals surface area contributed by atoms with Crippen LogP contribution in [0.5, 0.6) is 5.75 Å². The first kappa shape index (κ1) is 24.9. The van der Waals surface area contributed by atoms with Gasteiger partial charge in [0.05, 0.1) is 6.04 Å². The topological polar surface area (TPSA) is 71.8 Å². The lowest BCUT2D eigenvalue weighted by Crippen LogP contribution is -2.41. The molecule has 0 saturated heterocycles. The smallest absolute Gasteiger partial charge is 0.287 e. The Morgan fingerprint density at radius 2 is 1.77 bits per heavy atom. The van der Waals surface area contributed by atoms with E-state index in [-0.39, 0.29) is 48.5 Å². The maximum atomic E-state index is 13.2. The van der Waals surface area contributed by atoms with Crippen LogP contribution in [0.4, 0.5) is 4.39 Å². The largest absolute Gasteiger partial charge is 0.486 e. The summed E-state index contributed by atoms with van der Waals surface area (Å²) in [6, 6.07) is 25.3. The van der Waals surface area contributed by atoms with Crippen molar-refractivity contribution < 1.29 is 23.1 Å². The highest BCUT2D eigenvalue weighted by Crippen LogP contribution is 2.41. The van der Waals surface area contributed by atoms with Gasteiger partial charge in [-0.05, 0) is 77.9 Å². The molecule has 1 fully saturated rings. The van der Waals surface area contributed by atoms with Gasteiger partial charge in [0.25, 0.3) is 5.91 Å². The van der Waals surface area contributed by atoms with Gasteiger partial charge in [0.15, 0.2) is 5.76 Å². The highest BCUT2D eigenvalue weighted by Gasteiger charge is 2.39. The Kier molecular flexibility index (Phi) is 6.88. The van der Waals surface area contributed by atoms with Gasteiger partial charge in [0.1, 0.15) is 23.9 Å². The molecule has 0 bridgehead atoms. The number of fused-ring (bicyclic) bond motifs is 1. The molecule has 6 rings (SSSR count). The first-order valence-corrected chi connectivity index (χ1v) is 13.3. The van der Waals surface area contributed by atoms with E-state index in [0.29, 0.717) is 18.1 Å². The van der Waals surface area contributed by atoms with Gasteiger partial charge in [-0.15, -0.1) is 0 Å². The molecule has 3 aromatic carbocycles. The van der Waals surface area contributed by atoms with E-state index in [2.05, 4.69) is 23.5 Å². The van der Waals surface area contributed by atoms with Gasteiger partial charge in [-0.25, -0.2) is 4.39 Å². The molecule has 39 heavy (non-hydrogen) atoms. The van der Waals surface area contributed by atoms with Crippen LogP contribution in [0.3, 0.4) is 0 Å². The minimum atomic E-state index is -0.356. The van der Waals surface area contributed by atoms with Crippen molar-refractivity contribution in [3.05, 3.63) is 125 Å². The van der Waals surface area contributed by atoms with E-state index in [1.54, 1.807) is 24.3 Å². The van der Waals surface area contributed by atoms with Crippen LogP contribution >= 0.6 is 0 Å². The van der Waals surface area contributed by atoms with Crippen molar-refractivity contribution in [2.75, 3.05) is 6.54 Å². The summed E-state index contributed by atoms with van der Waals surface area (Å²) in [5, 5.41) is 2.77. The molecule has 0 spiro atoms. The number of halogens is 1. The second kappa shape index (κ2) is 10.8. The summed E-state index contributed by atoms with van der Waals surface area (Å²) >= 11 is 0. The third-order valence-corrected chi connectivity index (χ3v) is 7.30. The second-order valence-electron chi connectivity index (χ2n) is 10.1. The number of furan rings is 1. The molecule has 1 N–H and O–H groups in total. The fraction of sp³-hybridized carbons (Fsp3) is 0.250. The van der Waals surface area contributed by atoms with E-state index in [1.807, 2.05) is 35.2 Å². The van der Waals surface area contributed by atoms with Crippen LogP contribution in [0, 0.1) is 11.7 Å². The number of rotatable bonds is 8. The monoisotopic (exact) mass is 524 g/mol. The summed E-state index contributed by atoms with van der Waals surface area (Å²) in [5.74, 6) is 1.09. The summed E-state index contributed by atoms with van der Waals surface area (Å²) in [5.41, 5.74) is 4.18. The van der Waals surface area contributed by atoms with Crippen LogP contribution < -0.4 is 10.1 Å². The van der Waals surface area contributed by atoms with Gasteiger partial charge in [-0.2, -0.15) is 0 Å². The number of nitrogens with one attached hydrogen (secondary N) is 1. The van der Waals surface area contributed by atoms with Crippen molar-refractivity contribution in [3.63, 3.8) is 0 Å². The number of ether oxygens (including phenoxy) is 1. The minimum absolute atomic E-state index is 0.147. The fourth-order valence-electron chi connectivity index (χ4n) is 5.08. The van der Waals surface area contributed by atoms with Crippen LogP contribution in [0.25, 0.3) is 0 Å². The second-order valence-corrected chi connectivity index (χ2v) is 10.1. The Morgan fingerprint density at radius 1 is 0.974 bits per heavy atom. The zero-order valence-corrected chi connectivity index (χ0v) is 21.4. The molecule has 2 amide bonds. The Balaban J connectivity index is 1.14. The molecule has 1 aromatic heterocycles. The molecular formula is C32H29FN2O4. The number of hydrogen-bond donors (Lipinski definition) is 1. The maximum Gasteiger partial charge on any atom is 0.287 e. The van der Waals surface area contributed by atoms with Crippen LogP contribution in [0.2, 0.25) is 0 Å². The summed E-state index contributed by atoms with van der Waals surface area (Å²) in [7, 11) is 0. The highest BCUT2D eigenvalue weighted by atomic mass is 19.1. The molecule has 0 unspecified atom stereocenters. The lowest BCUT2D eigenvalue weighted by Gasteiger charge is -2.38. The SMILES string of the molecule is O=C(NCc1ccc(F)cc1)c1ccc(COc2ccc3c(c2)[C@H](c2ccccc2)N(C(=O)C2CC2)CC3)o1. The normalized spacial score (nSPS) is 16.4.